The molecule has 2 rings (SSSR count). The average Bonchev–Trinajstić information content (AvgIpc) is 2.93. The van der Waals surface area contributed by atoms with Gasteiger partial charge >= 0.3 is 0 Å². The highest BCUT2D eigenvalue weighted by Gasteiger charge is 2.12. The van der Waals surface area contributed by atoms with Crippen LogP contribution in [0.3, 0.4) is 0 Å². The molecule has 0 bridgehead atoms. The number of thiophene rings is 1. The Morgan fingerprint density at radius 1 is 1.22 bits per heavy atom. The van der Waals surface area contributed by atoms with Gasteiger partial charge in [0.05, 0.1) is 0 Å². The summed E-state index contributed by atoms with van der Waals surface area (Å²) in [5.74, 6) is 0. The molecule has 0 radical (unpaired) electrons. The molecule has 3 heteroatoms. The van der Waals surface area contributed by atoms with Crippen molar-refractivity contribution in [3.63, 3.8) is 0 Å². The van der Waals surface area contributed by atoms with Crippen LogP contribution in [0.5, 0.6) is 0 Å². The number of alkyl halides is 1. The van der Waals surface area contributed by atoms with Crippen LogP contribution >= 0.6 is 22.9 Å². The van der Waals surface area contributed by atoms with Crippen molar-refractivity contribution in [2.45, 2.75) is 5.50 Å². The van der Waals surface area contributed by atoms with Gasteiger partial charge in [0.15, 0.2) is 0 Å². The molecule has 1 aromatic heterocycles. The first-order chi connectivity index (χ1) is 8.77. The molecule has 0 aliphatic heterocycles. The van der Waals surface area contributed by atoms with Gasteiger partial charge < -0.3 is 0 Å². The van der Waals surface area contributed by atoms with E-state index in [0.29, 0.717) is 0 Å². The first-order valence-electron chi connectivity index (χ1n) is 5.86. The van der Waals surface area contributed by atoms with Crippen LogP contribution in [0, 0.1) is 0 Å². The third-order valence-electron chi connectivity index (χ3n) is 2.67. The normalized spacial score (nSPS) is 13.3. The van der Waals surface area contributed by atoms with E-state index in [1.807, 2.05) is 31.3 Å². The van der Waals surface area contributed by atoms with E-state index >= 15 is 0 Å². The minimum Gasteiger partial charge on any atom is -0.282 e. The van der Waals surface area contributed by atoms with Crippen LogP contribution in [-0.4, -0.2) is 18.5 Å². The molecule has 94 valence electrons. The zero-order valence-electron chi connectivity index (χ0n) is 10.3. The van der Waals surface area contributed by atoms with Crippen molar-refractivity contribution in [2.75, 3.05) is 13.6 Å². The number of nitrogens with zero attached hydrogens (tertiary/aromatic N) is 1. The van der Waals surface area contributed by atoms with Gasteiger partial charge in [-0.25, -0.2) is 0 Å². The fourth-order valence-electron chi connectivity index (χ4n) is 1.66. The number of benzene rings is 1. The Balaban J connectivity index is 1.88. The average molecular weight is 278 g/mol. The van der Waals surface area contributed by atoms with Crippen LogP contribution < -0.4 is 0 Å². The third kappa shape index (κ3) is 3.70. The topological polar surface area (TPSA) is 3.24 Å². The minimum atomic E-state index is -0.0505. The summed E-state index contributed by atoms with van der Waals surface area (Å²) in [5, 5.41) is 2.05. The maximum atomic E-state index is 6.38. The van der Waals surface area contributed by atoms with Gasteiger partial charge in [0.2, 0.25) is 0 Å². The summed E-state index contributed by atoms with van der Waals surface area (Å²) in [6.45, 7) is 0.834. The van der Waals surface area contributed by atoms with Gasteiger partial charge in [-0.2, -0.15) is 0 Å². The van der Waals surface area contributed by atoms with E-state index in [0.717, 1.165) is 6.54 Å². The minimum absolute atomic E-state index is 0.0505. The molecular formula is C15H16ClNS. The van der Waals surface area contributed by atoms with Crippen LogP contribution in [0.15, 0.2) is 53.9 Å². The van der Waals surface area contributed by atoms with E-state index in [-0.39, 0.29) is 5.50 Å². The molecule has 0 N–H and O–H groups in total. The highest BCUT2D eigenvalue weighted by Crippen LogP contribution is 2.27. The molecule has 1 nitrogen and oxygen atoms in total. The van der Waals surface area contributed by atoms with Crippen molar-refractivity contribution in [3.05, 3.63) is 64.4 Å². The number of likely N-dealkylation sites (N-methyl/N-ethyl adjacent to an activating group) is 1. The Kier molecular flexibility index (Phi) is 5.00. The first kappa shape index (κ1) is 13.3. The molecule has 1 atom stereocenters. The zero-order chi connectivity index (χ0) is 12.8. The van der Waals surface area contributed by atoms with Crippen LogP contribution in [0.1, 0.15) is 15.9 Å². The van der Waals surface area contributed by atoms with Crippen molar-refractivity contribution in [2.24, 2.45) is 0 Å². The molecule has 0 aliphatic rings. The summed E-state index contributed by atoms with van der Waals surface area (Å²) in [6, 6.07) is 14.4. The monoisotopic (exact) mass is 277 g/mol. The lowest BCUT2D eigenvalue weighted by Crippen LogP contribution is -2.19. The van der Waals surface area contributed by atoms with Crippen LogP contribution in [0.2, 0.25) is 0 Å². The van der Waals surface area contributed by atoms with Crippen LogP contribution in [0.4, 0.5) is 0 Å². The maximum absolute atomic E-state index is 6.38. The van der Waals surface area contributed by atoms with Crippen molar-refractivity contribution in [1.29, 1.82) is 0 Å². The van der Waals surface area contributed by atoms with Crippen molar-refractivity contribution in [3.8, 4) is 0 Å². The summed E-state index contributed by atoms with van der Waals surface area (Å²) >= 11 is 8.07. The summed E-state index contributed by atoms with van der Waals surface area (Å²) < 4.78 is 0. The molecule has 0 fully saturated rings. The van der Waals surface area contributed by atoms with Gasteiger partial charge in [-0.3, -0.25) is 4.90 Å². The first-order valence-corrected chi connectivity index (χ1v) is 7.18. The molecular weight excluding hydrogens is 262 g/mol. The molecule has 1 aromatic carbocycles. The predicted octanol–water partition coefficient (Wildman–Crippen LogP) is 4.63. The van der Waals surface area contributed by atoms with Crippen LogP contribution in [-0.2, 0) is 0 Å². The second-order valence-electron chi connectivity index (χ2n) is 4.10. The largest absolute Gasteiger partial charge is 0.282 e. The van der Waals surface area contributed by atoms with E-state index in [2.05, 4.69) is 40.6 Å². The fraction of sp³-hybridized carbons (Fsp3) is 0.200. The number of rotatable bonds is 5. The number of hydrogen-bond donors (Lipinski definition) is 0. The Hall–Kier alpha value is -1.09. The molecule has 0 amide bonds. The molecule has 1 unspecified atom stereocenters. The molecule has 0 saturated heterocycles. The standard InChI is InChI=1S/C15H16ClNS/c1-17(15(16)14-10-6-12-18-14)11-5-9-13-7-3-2-4-8-13/h2-10,12,15H,11H2,1H3/b9-5+. The zero-order valence-corrected chi connectivity index (χ0v) is 11.9. The molecule has 0 saturated carbocycles. The van der Waals surface area contributed by atoms with E-state index < -0.39 is 0 Å². The lowest BCUT2D eigenvalue weighted by molar-refractivity contribution is 0.351. The maximum Gasteiger partial charge on any atom is 0.120 e. The van der Waals surface area contributed by atoms with Gasteiger partial charge in [0.25, 0.3) is 0 Å². The lowest BCUT2D eigenvalue weighted by Gasteiger charge is -2.19. The van der Waals surface area contributed by atoms with Gasteiger partial charge in [-0.15, -0.1) is 11.3 Å². The smallest absolute Gasteiger partial charge is 0.120 e. The quantitative estimate of drug-likeness (QED) is 0.569. The SMILES string of the molecule is CN(C/C=C/c1ccccc1)C(Cl)c1cccs1. The van der Waals surface area contributed by atoms with Gasteiger partial charge in [0.1, 0.15) is 5.50 Å². The summed E-state index contributed by atoms with van der Waals surface area (Å²) in [6.07, 6.45) is 4.26. The van der Waals surface area contributed by atoms with Gasteiger partial charge in [-0.1, -0.05) is 60.2 Å². The Morgan fingerprint density at radius 3 is 2.67 bits per heavy atom. The third-order valence-corrected chi connectivity index (χ3v) is 4.29. The number of hydrogen-bond acceptors (Lipinski definition) is 2. The second kappa shape index (κ2) is 6.74. The van der Waals surface area contributed by atoms with Gasteiger partial charge in [-0.05, 0) is 24.1 Å². The molecule has 0 aliphatic carbocycles. The Bertz CT molecular complexity index is 478. The Morgan fingerprint density at radius 2 is 2.00 bits per heavy atom. The van der Waals surface area contributed by atoms with Gasteiger partial charge in [0, 0.05) is 11.4 Å². The number of halogens is 1. The van der Waals surface area contributed by atoms with E-state index in [1.165, 1.54) is 10.4 Å². The van der Waals surface area contributed by atoms with Crippen LogP contribution in [0.25, 0.3) is 6.08 Å². The summed E-state index contributed by atoms with van der Waals surface area (Å²) in [4.78, 5) is 3.31. The van der Waals surface area contributed by atoms with E-state index in [1.54, 1.807) is 11.3 Å². The van der Waals surface area contributed by atoms with Crippen molar-refractivity contribution < 1.29 is 0 Å². The Labute approximate surface area is 117 Å². The van der Waals surface area contributed by atoms with E-state index in [9.17, 15) is 0 Å². The van der Waals surface area contributed by atoms with Crippen molar-refractivity contribution in [1.82, 2.24) is 4.90 Å². The predicted molar refractivity (Wildman–Crippen MR) is 81.0 cm³/mol. The highest BCUT2D eigenvalue weighted by molar-refractivity contribution is 7.10. The van der Waals surface area contributed by atoms with Crippen molar-refractivity contribution >= 4 is 29.0 Å². The highest BCUT2D eigenvalue weighted by atomic mass is 35.5. The second-order valence-corrected chi connectivity index (χ2v) is 5.50. The molecule has 0 spiro atoms. The van der Waals surface area contributed by atoms with E-state index in [4.69, 9.17) is 11.6 Å². The summed E-state index contributed by atoms with van der Waals surface area (Å²) in [5.41, 5.74) is 1.17. The summed E-state index contributed by atoms with van der Waals surface area (Å²) in [7, 11) is 2.03. The lowest BCUT2D eigenvalue weighted by atomic mass is 10.2. The molecule has 1 heterocycles. The molecule has 18 heavy (non-hydrogen) atoms. The molecule has 2 aromatic rings. The fourth-order valence-corrected chi connectivity index (χ4v) is 2.73.